The van der Waals surface area contributed by atoms with Gasteiger partial charge in [-0.15, -0.1) is 0 Å². The summed E-state index contributed by atoms with van der Waals surface area (Å²) in [6.07, 6.45) is 1.69. The highest BCUT2D eigenvalue weighted by molar-refractivity contribution is 5.93. The lowest BCUT2D eigenvalue weighted by molar-refractivity contribution is 0.0658. The molecule has 0 spiro atoms. The van der Waals surface area contributed by atoms with E-state index in [-0.39, 0.29) is 5.91 Å². The smallest absolute Gasteiger partial charge is 0.272 e. The fraction of sp³-hybridized carbons (Fsp3) is 0.429. The van der Waals surface area contributed by atoms with Crippen molar-refractivity contribution >= 4 is 23.0 Å². The lowest BCUT2D eigenvalue weighted by atomic mass is 10.2. The molecular weight excluding hydrogens is 338 g/mol. The fourth-order valence-electron chi connectivity index (χ4n) is 3.31. The van der Waals surface area contributed by atoms with Gasteiger partial charge < -0.3 is 20.0 Å². The summed E-state index contributed by atoms with van der Waals surface area (Å²) < 4.78 is 0. The number of benzene rings is 1. The molecule has 0 saturated carbocycles. The van der Waals surface area contributed by atoms with Gasteiger partial charge in [0, 0.05) is 62.5 Å². The minimum Gasteiger partial charge on any atom is -0.372 e. The summed E-state index contributed by atoms with van der Waals surface area (Å²) in [5, 5.41) is 3.37. The number of nitrogens with one attached hydrogen (secondary N) is 1. The van der Waals surface area contributed by atoms with Crippen molar-refractivity contribution in [2.45, 2.75) is 13.8 Å². The largest absolute Gasteiger partial charge is 0.372 e. The average molecular weight is 367 g/mol. The Balaban J connectivity index is 1.68. The summed E-state index contributed by atoms with van der Waals surface area (Å²) in [4.78, 5) is 23.4. The standard InChI is InChI=1S/C21H29N5O/c1-4-25(5-2)19-8-6-17(7-9-19)23-18-10-11-22-20(16-18)21(27)26-14-12-24(3)13-15-26/h6-11,16H,4-5,12-15H2,1-3H3,(H,22,23). The van der Waals surface area contributed by atoms with Gasteiger partial charge in [-0.2, -0.15) is 0 Å². The molecule has 3 rings (SSSR count). The number of nitrogens with zero attached hydrogens (tertiary/aromatic N) is 4. The number of hydrogen-bond donors (Lipinski definition) is 1. The van der Waals surface area contributed by atoms with E-state index in [4.69, 9.17) is 0 Å². The van der Waals surface area contributed by atoms with E-state index in [0.717, 1.165) is 50.6 Å². The molecule has 1 saturated heterocycles. The van der Waals surface area contributed by atoms with Crippen molar-refractivity contribution in [3.8, 4) is 0 Å². The van der Waals surface area contributed by atoms with E-state index >= 15 is 0 Å². The van der Waals surface area contributed by atoms with Crippen molar-refractivity contribution < 1.29 is 4.79 Å². The van der Waals surface area contributed by atoms with Gasteiger partial charge in [0.25, 0.3) is 5.91 Å². The van der Waals surface area contributed by atoms with E-state index in [1.165, 1.54) is 5.69 Å². The number of piperazine rings is 1. The first-order valence-electron chi connectivity index (χ1n) is 9.66. The quantitative estimate of drug-likeness (QED) is 0.850. The second-order valence-corrected chi connectivity index (χ2v) is 6.87. The lowest BCUT2D eigenvalue weighted by Gasteiger charge is -2.32. The van der Waals surface area contributed by atoms with Crippen LogP contribution in [-0.2, 0) is 0 Å². The van der Waals surface area contributed by atoms with E-state index in [1.807, 2.05) is 17.0 Å². The average Bonchev–Trinajstić information content (AvgIpc) is 2.70. The van der Waals surface area contributed by atoms with Crippen LogP contribution in [0.1, 0.15) is 24.3 Å². The molecule has 144 valence electrons. The zero-order valence-electron chi connectivity index (χ0n) is 16.5. The van der Waals surface area contributed by atoms with E-state index < -0.39 is 0 Å². The number of hydrogen-bond acceptors (Lipinski definition) is 5. The molecule has 27 heavy (non-hydrogen) atoms. The predicted molar refractivity (Wildman–Crippen MR) is 111 cm³/mol. The summed E-state index contributed by atoms with van der Waals surface area (Å²) in [6, 6.07) is 12.1. The van der Waals surface area contributed by atoms with Gasteiger partial charge in [0.2, 0.25) is 0 Å². The highest BCUT2D eigenvalue weighted by Gasteiger charge is 2.21. The number of anilines is 3. The molecule has 1 aliphatic rings. The molecule has 1 aromatic carbocycles. The lowest BCUT2D eigenvalue weighted by Crippen LogP contribution is -2.47. The highest BCUT2D eigenvalue weighted by Crippen LogP contribution is 2.21. The number of amides is 1. The van der Waals surface area contributed by atoms with Crippen LogP contribution in [0.4, 0.5) is 17.1 Å². The Kier molecular flexibility index (Phi) is 6.29. The molecule has 6 nitrogen and oxygen atoms in total. The molecule has 0 radical (unpaired) electrons. The minimum atomic E-state index is 0.00336. The molecule has 1 N–H and O–H groups in total. The van der Waals surface area contributed by atoms with Crippen LogP contribution in [-0.4, -0.2) is 67.0 Å². The third kappa shape index (κ3) is 4.77. The zero-order valence-corrected chi connectivity index (χ0v) is 16.5. The molecule has 0 unspecified atom stereocenters. The van der Waals surface area contributed by atoms with Crippen molar-refractivity contribution in [3.63, 3.8) is 0 Å². The first kappa shape index (κ1) is 19.2. The predicted octanol–water partition coefficient (Wildman–Crippen LogP) is 3.06. The maximum atomic E-state index is 12.7. The van der Waals surface area contributed by atoms with Crippen molar-refractivity contribution in [2.75, 3.05) is 56.5 Å². The number of carbonyl (C=O) groups excluding carboxylic acids is 1. The summed E-state index contributed by atoms with van der Waals surface area (Å²) in [7, 11) is 2.08. The van der Waals surface area contributed by atoms with Crippen LogP contribution >= 0.6 is 0 Å². The Morgan fingerprint density at radius 3 is 2.33 bits per heavy atom. The van der Waals surface area contributed by atoms with Crippen LogP contribution in [0.3, 0.4) is 0 Å². The van der Waals surface area contributed by atoms with Crippen LogP contribution < -0.4 is 10.2 Å². The monoisotopic (exact) mass is 367 g/mol. The Hall–Kier alpha value is -2.60. The van der Waals surface area contributed by atoms with Gasteiger partial charge in [-0.05, 0) is 57.3 Å². The number of likely N-dealkylation sites (N-methyl/N-ethyl adjacent to an activating group) is 1. The molecule has 0 atom stereocenters. The Morgan fingerprint density at radius 1 is 1.04 bits per heavy atom. The first-order chi connectivity index (χ1) is 13.1. The third-order valence-corrected chi connectivity index (χ3v) is 5.05. The molecule has 1 fully saturated rings. The fourth-order valence-corrected chi connectivity index (χ4v) is 3.31. The van der Waals surface area contributed by atoms with Gasteiger partial charge >= 0.3 is 0 Å². The molecule has 0 bridgehead atoms. The zero-order chi connectivity index (χ0) is 19.2. The summed E-state index contributed by atoms with van der Waals surface area (Å²) >= 11 is 0. The van der Waals surface area contributed by atoms with E-state index in [2.05, 4.69) is 65.3 Å². The van der Waals surface area contributed by atoms with Crippen LogP contribution in [0, 0.1) is 0 Å². The maximum Gasteiger partial charge on any atom is 0.272 e. The summed E-state index contributed by atoms with van der Waals surface area (Å²) in [6.45, 7) is 9.61. The number of pyridine rings is 1. The molecule has 6 heteroatoms. The topological polar surface area (TPSA) is 51.7 Å². The Bertz CT molecular complexity index is 749. The third-order valence-electron chi connectivity index (χ3n) is 5.05. The number of aromatic nitrogens is 1. The van der Waals surface area contributed by atoms with Gasteiger partial charge in [-0.1, -0.05) is 0 Å². The molecular formula is C21H29N5O. The molecule has 1 aromatic heterocycles. The molecule has 0 aliphatic carbocycles. The van der Waals surface area contributed by atoms with Crippen LogP contribution in [0.5, 0.6) is 0 Å². The summed E-state index contributed by atoms with van der Waals surface area (Å²) in [5.74, 6) is 0.00336. The van der Waals surface area contributed by atoms with Crippen LogP contribution in [0.25, 0.3) is 0 Å². The van der Waals surface area contributed by atoms with Gasteiger partial charge in [0.05, 0.1) is 0 Å². The van der Waals surface area contributed by atoms with Crippen molar-refractivity contribution in [1.29, 1.82) is 0 Å². The van der Waals surface area contributed by atoms with E-state index in [0.29, 0.717) is 5.69 Å². The molecule has 1 amide bonds. The minimum absolute atomic E-state index is 0.00336. The van der Waals surface area contributed by atoms with Crippen molar-refractivity contribution in [1.82, 2.24) is 14.8 Å². The SMILES string of the molecule is CCN(CC)c1ccc(Nc2ccnc(C(=O)N3CCN(C)CC3)c2)cc1. The van der Waals surface area contributed by atoms with E-state index in [9.17, 15) is 4.79 Å². The number of rotatable bonds is 6. The van der Waals surface area contributed by atoms with Crippen LogP contribution in [0.2, 0.25) is 0 Å². The summed E-state index contributed by atoms with van der Waals surface area (Å²) in [5.41, 5.74) is 3.57. The maximum absolute atomic E-state index is 12.7. The molecule has 1 aliphatic heterocycles. The molecule has 2 aromatic rings. The van der Waals surface area contributed by atoms with Gasteiger partial charge in [0.1, 0.15) is 5.69 Å². The highest BCUT2D eigenvalue weighted by atomic mass is 16.2. The van der Waals surface area contributed by atoms with Gasteiger partial charge in [0.15, 0.2) is 0 Å². The normalized spacial score (nSPS) is 14.9. The van der Waals surface area contributed by atoms with Gasteiger partial charge in [-0.3, -0.25) is 9.78 Å². The first-order valence-corrected chi connectivity index (χ1v) is 9.66. The second kappa shape index (κ2) is 8.86. The Labute approximate surface area is 161 Å². The van der Waals surface area contributed by atoms with Crippen molar-refractivity contribution in [3.05, 3.63) is 48.3 Å². The van der Waals surface area contributed by atoms with Gasteiger partial charge in [-0.25, -0.2) is 0 Å². The van der Waals surface area contributed by atoms with E-state index in [1.54, 1.807) is 6.20 Å². The second-order valence-electron chi connectivity index (χ2n) is 6.87. The van der Waals surface area contributed by atoms with Crippen molar-refractivity contribution in [2.24, 2.45) is 0 Å². The molecule has 2 heterocycles. The number of carbonyl (C=O) groups is 1. The Morgan fingerprint density at radius 2 is 1.70 bits per heavy atom. The van der Waals surface area contributed by atoms with Crippen LogP contribution in [0.15, 0.2) is 42.6 Å².